The molecule has 0 saturated heterocycles. The molecule has 1 aromatic rings. The SMILES string of the molecule is COCCN(CCO)c1cc(N)nc(N)n1. The minimum atomic E-state index is 0.0214. The zero-order valence-electron chi connectivity index (χ0n) is 9.26. The molecule has 0 aliphatic carbocycles. The van der Waals surface area contributed by atoms with Gasteiger partial charge in [-0.3, -0.25) is 0 Å². The quantitative estimate of drug-likeness (QED) is 0.576. The van der Waals surface area contributed by atoms with Gasteiger partial charge in [0.15, 0.2) is 0 Å². The summed E-state index contributed by atoms with van der Waals surface area (Å²) < 4.78 is 4.97. The fourth-order valence-electron chi connectivity index (χ4n) is 1.30. The molecule has 90 valence electrons. The van der Waals surface area contributed by atoms with Crippen LogP contribution < -0.4 is 16.4 Å². The molecule has 1 rings (SSSR count). The molecule has 7 nitrogen and oxygen atoms in total. The number of aromatic nitrogens is 2. The molecule has 0 aliphatic heterocycles. The van der Waals surface area contributed by atoms with Gasteiger partial charge in [-0.2, -0.15) is 9.97 Å². The predicted octanol–water partition coefficient (Wildman–Crippen LogP) is -0.914. The van der Waals surface area contributed by atoms with E-state index in [1.165, 1.54) is 0 Å². The van der Waals surface area contributed by atoms with Crippen LogP contribution in [0.5, 0.6) is 0 Å². The van der Waals surface area contributed by atoms with Gasteiger partial charge in [-0.1, -0.05) is 0 Å². The molecular formula is C9H17N5O2. The molecule has 0 aliphatic rings. The zero-order chi connectivity index (χ0) is 12.0. The van der Waals surface area contributed by atoms with Gasteiger partial charge < -0.3 is 26.2 Å². The summed E-state index contributed by atoms with van der Waals surface area (Å²) >= 11 is 0. The molecule has 1 aromatic heterocycles. The summed E-state index contributed by atoms with van der Waals surface area (Å²) in [4.78, 5) is 9.66. The van der Waals surface area contributed by atoms with Crippen LogP contribution in [0.3, 0.4) is 0 Å². The normalized spacial score (nSPS) is 10.4. The lowest BCUT2D eigenvalue weighted by atomic mass is 10.4. The minimum Gasteiger partial charge on any atom is -0.395 e. The molecule has 7 heteroatoms. The standard InChI is InChI=1S/C9H17N5O2/c1-16-5-3-14(2-4-15)8-6-7(10)12-9(11)13-8/h6,15H,2-5H2,1H3,(H4,10,11,12,13). The Kier molecular flexibility index (Phi) is 4.74. The van der Waals surface area contributed by atoms with Crippen molar-refractivity contribution >= 4 is 17.6 Å². The molecule has 0 aromatic carbocycles. The van der Waals surface area contributed by atoms with E-state index in [4.69, 9.17) is 21.3 Å². The number of hydrogen-bond acceptors (Lipinski definition) is 7. The molecular weight excluding hydrogens is 210 g/mol. The van der Waals surface area contributed by atoms with Crippen molar-refractivity contribution in [2.24, 2.45) is 0 Å². The van der Waals surface area contributed by atoms with Gasteiger partial charge in [-0.15, -0.1) is 0 Å². The second kappa shape index (κ2) is 6.09. The summed E-state index contributed by atoms with van der Waals surface area (Å²) in [5.74, 6) is 1.02. The van der Waals surface area contributed by atoms with E-state index in [9.17, 15) is 0 Å². The highest BCUT2D eigenvalue weighted by Crippen LogP contribution is 2.14. The number of hydrogen-bond donors (Lipinski definition) is 3. The topological polar surface area (TPSA) is 111 Å². The lowest BCUT2D eigenvalue weighted by Crippen LogP contribution is -2.31. The highest BCUT2D eigenvalue weighted by molar-refractivity contribution is 5.50. The predicted molar refractivity (Wildman–Crippen MR) is 62.0 cm³/mol. The van der Waals surface area contributed by atoms with Crippen LogP contribution in [0.2, 0.25) is 0 Å². The number of aliphatic hydroxyl groups excluding tert-OH is 1. The van der Waals surface area contributed by atoms with Gasteiger partial charge in [0.1, 0.15) is 11.6 Å². The Bertz CT molecular complexity index is 313. The van der Waals surface area contributed by atoms with E-state index in [-0.39, 0.29) is 12.6 Å². The van der Waals surface area contributed by atoms with Crippen LogP contribution in [0.15, 0.2) is 6.07 Å². The first-order valence-electron chi connectivity index (χ1n) is 4.92. The van der Waals surface area contributed by atoms with Crippen molar-refractivity contribution in [2.45, 2.75) is 0 Å². The van der Waals surface area contributed by atoms with E-state index in [2.05, 4.69) is 9.97 Å². The summed E-state index contributed by atoms with van der Waals surface area (Å²) in [7, 11) is 1.61. The van der Waals surface area contributed by atoms with Gasteiger partial charge in [0, 0.05) is 26.3 Å². The first kappa shape index (κ1) is 12.5. The Morgan fingerprint density at radius 3 is 2.69 bits per heavy atom. The van der Waals surface area contributed by atoms with E-state index >= 15 is 0 Å². The molecule has 1 heterocycles. The molecule has 0 fully saturated rings. The fourth-order valence-corrected chi connectivity index (χ4v) is 1.30. The van der Waals surface area contributed by atoms with Crippen molar-refractivity contribution < 1.29 is 9.84 Å². The van der Waals surface area contributed by atoms with Gasteiger partial charge in [0.25, 0.3) is 0 Å². The van der Waals surface area contributed by atoms with Gasteiger partial charge >= 0.3 is 0 Å². The van der Waals surface area contributed by atoms with Crippen LogP contribution >= 0.6 is 0 Å². The fraction of sp³-hybridized carbons (Fsp3) is 0.556. The lowest BCUT2D eigenvalue weighted by molar-refractivity contribution is 0.202. The molecule has 0 saturated carbocycles. The molecule has 5 N–H and O–H groups in total. The Balaban J connectivity index is 2.82. The van der Waals surface area contributed by atoms with Crippen molar-refractivity contribution in [1.29, 1.82) is 0 Å². The van der Waals surface area contributed by atoms with Crippen LogP contribution in [0.4, 0.5) is 17.6 Å². The summed E-state index contributed by atoms with van der Waals surface area (Å²) in [5, 5.41) is 8.95. The largest absolute Gasteiger partial charge is 0.395 e. The number of ether oxygens (including phenoxy) is 1. The van der Waals surface area contributed by atoms with E-state index in [1.54, 1.807) is 13.2 Å². The Morgan fingerprint density at radius 2 is 2.12 bits per heavy atom. The number of nitrogen functional groups attached to an aromatic ring is 2. The van der Waals surface area contributed by atoms with Crippen LogP contribution in [0.1, 0.15) is 0 Å². The summed E-state index contributed by atoms with van der Waals surface area (Å²) in [6.07, 6.45) is 0. The Hall–Kier alpha value is -1.60. The summed E-state index contributed by atoms with van der Waals surface area (Å²) in [5.41, 5.74) is 11.1. The number of aliphatic hydroxyl groups is 1. The lowest BCUT2D eigenvalue weighted by Gasteiger charge is -2.22. The Labute approximate surface area is 94.0 Å². The maximum absolute atomic E-state index is 8.95. The highest BCUT2D eigenvalue weighted by atomic mass is 16.5. The van der Waals surface area contributed by atoms with Crippen molar-refractivity contribution in [3.63, 3.8) is 0 Å². The van der Waals surface area contributed by atoms with E-state index in [1.807, 2.05) is 4.90 Å². The third kappa shape index (κ3) is 3.52. The number of nitrogens with zero attached hydrogens (tertiary/aromatic N) is 3. The molecule has 0 atom stereocenters. The number of anilines is 3. The third-order valence-corrected chi connectivity index (χ3v) is 2.01. The van der Waals surface area contributed by atoms with E-state index in [0.717, 1.165) is 0 Å². The van der Waals surface area contributed by atoms with Gasteiger partial charge in [0.2, 0.25) is 5.95 Å². The van der Waals surface area contributed by atoms with E-state index in [0.29, 0.717) is 31.3 Å². The monoisotopic (exact) mass is 227 g/mol. The van der Waals surface area contributed by atoms with Crippen molar-refractivity contribution in [3.05, 3.63) is 6.07 Å². The average molecular weight is 227 g/mol. The second-order valence-electron chi connectivity index (χ2n) is 3.21. The smallest absolute Gasteiger partial charge is 0.223 e. The van der Waals surface area contributed by atoms with Crippen LogP contribution in [0.25, 0.3) is 0 Å². The highest BCUT2D eigenvalue weighted by Gasteiger charge is 2.09. The minimum absolute atomic E-state index is 0.0214. The van der Waals surface area contributed by atoms with Crippen LogP contribution in [-0.2, 0) is 4.74 Å². The van der Waals surface area contributed by atoms with Gasteiger partial charge in [-0.05, 0) is 0 Å². The number of rotatable bonds is 6. The van der Waals surface area contributed by atoms with Crippen molar-refractivity contribution in [2.75, 3.05) is 49.8 Å². The molecule has 0 radical (unpaired) electrons. The van der Waals surface area contributed by atoms with E-state index < -0.39 is 0 Å². The molecule has 16 heavy (non-hydrogen) atoms. The average Bonchev–Trinajstić information content (AvgIpc) is 2.22. The van der Waals surface area contributed by atoms with Crippen LogP contribution in [0, 0.1) is 0 Å². The maximum Gasteiger partial charge on any atom is 0.223 e. The summed E-state index contributed by atoms with van der Waals surface area (Å²) in [6.45, 7) is 1.60. The van der Waals surface area contributed by atoms with Gasteiger partial charge in [-0.25, -0.2) is 0 Å². The van der Waals surface area contributed by atoms with Gasteiger partial charge in [0.05, 0.1) is 13.2 Å². The Morgan fingerprint density at radius 1 is 1.38 bits per heavy atom. The molecule has 0 spiro atoms. The summed E-state index contributed by atoms with van der Waals surface area (Å²) in [6, 6.07) is 1.61. The third-order valence-electron chi connectivity index (χ3n) is 2.01. The van der Waals surface area contributed by atoms with Crippen molar-refractivity contribution in [1.82, 2.24) is 9.97 Å². The second-order valence-corrected chi connectivity index (χ2v) is 3.21. The number of methoxy groups -OCH3 is 1. The first-order chi connectivity index (χ1) is 7.67. The molecule has 0 unspecified atom stereocenters. The molecule has 0 amide bonds. The van der Waals surface area contributed by atoms with Crippen LogP contribution in [-0.4, -0.2) is 48.5 Å². The molecule has 0 bridgehead atoms. The maximum atomic E-state index is 8.95. The first-order valence-corrected chi connectivity index (χ1v) is 4.92. The number of nitrogens with two attached hydrogens (primary N) is 2. The zero-order valence-corrected chi connectivity index (χ0v) is 9.26. The van der Waals surface area contributed by atoms with Crippen molar-refractivity contribution in [3.8, 4) is 0 Å².